The Morgan fingerprint density at radius 3 is 2.27 bits per heavy atom. The summed E-state index contributed by atoms with van der Waals surface area (Å²) >= 11 is 1.04. The molecule has 2 amide bonds. The van der Waals surface area contributed by atoms with Crippen molar-refractivity contribution in [3.05, 3.63) is 11.4 Å². The van der Waals surface area contributed by atoms with E-state index in [4.69, 9.17) is 20.3 Å². The van der Waals surface area contributed by atoms with Crippen LogP contribution in [0.1, 0.15) is 11.6 Å². The molecular weight excluding hydrogens is 495 g/mol. The number of nitrogens with two attached hydrogens (primary N) is 1. The number of ether oxygens (including phenoxy) is 2. The summed E-state index contributed by atoms with van der Waals surface area (Å²) in [6, 6.07) is -2.33. The number of anilines is 1. The molecule has 1 unspecified atom stereocenters. The van der Waals surface area contributed by atoms with Crippen LogP contribution < -0.4 is 29.1 Å². The number of benzene rings is 1. The van der Waals surface area contributed by atoms with Crippen LogP contribution >= 0.6 is 0 Å². The summed E-state index contributed by atoms with van der Waals surface area (Å²) < 4.78 is 25.0. The van der Waals surface area contributed by atoms with Crippen molar-refractivity contribution in [2.24, 2.45) is 5.73 Å². The molecule has 22 heavy (non-hydrogen) atoms. The van der Waals surface area contributed by atoms with Crippen molar-refractivity contribution in [2.75, 3.05) is 26.6 Å². The number of hydrogen-bond acceptors (Lipinski definition) is 5. The molecule has 8 nitrogen and oxygen atoms in total. The number of carboxylic acid groups (broad SMARTS) is 1. The molecule has 0 bridgehead atoms. The van der Waals surface area contributed by atoms with Gasteiger partial charge in [0.2, 0.25) is 0 Å². The fourth-order valence-corrected chi connectivity index (χ4v) is 2.95. The molecule has 5 N–H and O–H groups in total. The summed E-state index contributed by atoms with van der Waals surface area (Å²) in [5, 5.41) is 13.7. The van der Waals surface area contributed by atoms with E-state index in [1.807, 2.05) is 0 Å². The first-order valence-electron chi connectivity index (χ1n) is 5.90. The van der Waals surface area contributed by atoms with Crippen molar-refractivity contribution in [3.8, 4) is 11.5 Å². The van der Waals surface area contributed by atoms with E-state index in [0.29, 0.717) is 3.27 Å². The van der Waals surface area contributed by atoms with Gasteiger partial charge in [0, 0.05) is 0 Å². The van der Waals surface area contributed by atoms with Crippen LogP contribution in [0.25, 0.3) is 0 Å². The minimum atomic E-state index is -1.68. The van der Waals surface area contributed by atoms with Crippen molar-refractivity contribution in [1.29, 1.82) is 0 Å². The summed E-state index contributed by atoms with van der Waals surface area (Å²) in [5.74, 6) is -2.66. The van der Waals surface area contributed by atoms with Gasteiger partial charge in [-0.2, -0.15) is 0 Å². The molecule has 1 rings (SSSR count). The average molecular weight is 510 g/mol. The summed E-state index contributed by atoms with van der Waals surface area (Å²) in [6.07, 6.45) is 0. The quantitative estimate of drug-likeness (QED) is 0.438. The van der Waals surface area contributed by atoms with E-state index in [0.717, 1.165) is 24.7 Å². The van der Waals surface area contributed by atoms with E-state index in [1.165, 1.54) is 21.3 Å². The Kier molecular flexibility index (Phi) is 6.31. The van der Waals surface area contributed by atoms with Gasteiger partial charge in [0.15, 0.2) is 0 Å². The molecule has 1 atom stereocenters. The fourth-order valence-electron chi connectivity index (χ4n) is 1.74. The zero-order valence-corrected chi connectivity index (χ0v) is 14.9. The topological polar surface area (TPSA) is 123 Å². The number of carbonyl (C=O) groups is 2. The third-order valence-electron chi connectivity index (χ3n) is 2.78. The number of urea groups is 1. The Bertz CT molecular complexity index is 611. The van der Waals surface area contributed by atoms with Crippen LogP contribution in [-0.2, 0) is 4.79 Å². The summed E-state index contributed by atoms with van der Waals surface area (Å²) in [5.41, 5.74) is 5.10. The first-order valence-corrected chi connectivity index (χ1v) is 7.36. The number of hydrogen-bond donors (Lipinski definition) is 4. The fraction of sp³-hybridized carbons (Fsp3) is 0.333. The molecule has 0 saturated heterocycles. The predicted molar refractivity (Wildman–Crippen MR) is 71.8 cm³/mol. The SMILES string of the molecule is CNC(=O)Nc1c([At])c(OC)c(OC)c(F)c1C(N)C(=O)O. The van der Waals surface area contributed by atoms with Gasteiger partial charge in [0.05, 0.1) is 0 Å². The zero-order valence-electron chi connectivity index (χ0n) is 12.0. The van der Waals surface area contributed by atoms with Crippen molar-refractivity contribution in [3.63, 3.8) is 0 Å². The Morgan fingerprint density at radius 2 is 1.86 bits per heavy atom. The molecule has 0 aliphatic heterocycles. The third kappa shape index (κ3) is 3.39. The maximum absolute atomic E-state index is 14.6. The molecule has 10 heteroatoms. The second-order valence-electron chi connectivity index (χ2n) is 4.00. The van der Waals surface area contributed by atoms with Crippen LogP contribution in [0.5, 0.6) is 11.5 Å². The first kappa shape index (κ1) is 18.4. The summed E-state index contributed by atoms with van der Waals surface area (Å²) in [4.78, 5) is 22.7. The second kappa shape index (κ2) is 7.55. The van der Waals surface area contributed by atoms with Crippen LogP contribution in [0.4, 0.5) is 14.9 Å². The molecule has 0 spiro atoms. The number of nitrogens with one attached hydrogen (secondary N) is 2. The van der Waals surface area contributed by atoms with Crippen LogP contribution in [0, 0.1) is 30.5 Å². The van der Waals surface area contributed by atoms with Gasteiger partial charge >= 0.3 is 141 Å². The molecule has 1 aromatic rings. The monoisotopic (exact) mass is 510 g/mol. The van der Waals surface area contributed by atoms with Gasteiger partial charge < -0.3 is 0 Å². The van der Waals surface area contributed by atoms with E-state index in [9.17, 15) is 14.0 Å². The average Bonchev–Trinajstić information content (AvgIpc) is 2.49. The van der Waals surface area contributed by atoms with Crippen LogP contribution in [-0.4, -0.2) is 38.4 Å². The van der Waals surface area contributed by atoms with E-state index >= 15 is 0 Å². The third-order valence-corrected chi connectivity index (χ3v) is 4.18. The molecule has 0 aromatic heterocycles. The Labute approximate surface area is 141 Å². The summed E-state index contributed by atoms with van der Waals surface area (Å²) in [6.45, 7) is 0. The molecule has 0 radical (unpaired) electrons. The van der Waals surface area contributed by atoms with Crippen molar-refractivity contribution < 1.29 is 53.3 Å². The Morgan fingerprint density at radius 1 is 1.32 bits per heavy atom. The zero-order chi connectivity index (χ0) is 17.0. The molecule has 0 aliphatic rings. The van der Waals surface area contributed by atoms with E-state index < -0.39 is 23.9 Å². The second-order valence-corrected chi connectivity index (χ2v) is 5.47. The predicted octanol–water partition coefficient (Wildman–Crippen LogP) is -0.147. The summed E-state index contributed by atoms with van der Waals surface area (Å²) in [7, 11) is 3.89. The molecule has 0 heterocycles. The van der Waals surface area contributed by atoms with Crippen molar-refractivity contribution >= 4 is 21.0 Å². The van der Waals surface area contributed by atoms with E-state index in [1.54, 1.807) is 0 Å². The minimum absolute atomic E-state index is 0.0546. The number of halogens is 1. The normalized spacial score (nSPS) is 11.5. The van der Waals surface area contributed by atoms with Crippen LogP contribution in [0.15, 0.2) is 0 Å². The van der Waals surface area contributed by atoms with Gasteiger partial charge in [0.1, 0.15) is 0 Å². The van der Waals surface area contributed by atoms with Gasteiger partial charge in [-0.05, 0) is 0 Å². The van der Waals surface area contributed by atoms with Gasteiger partial charge in [-0.25, -0.2) is 0 Å². The van der Waals surface area contributed by atoms with E-state index in [-0.39, 0.29) is 22.7 Å². The molecule has 1 aromatic carbocycles. The maximum atomic E-state index is 14.6. The standard InChI is InChI=1S/C12H15AtFN3O5/c1-16-12(20)17-8-4(7(15)11(18)19)6(14)10(22-3)9(21-2)5(8)13/h7H,15H2,1-3H3,(H,18,19)(H2,16,17,20). The Balaban J connectivity index is 3.72. The molecule has 0 saturated carbocycles. The first-order chi connectivity index (χ1) is 10.3. The number of methoxy groups -OCH3 is 2. The Hall–Kier alpha value is -1.67. The van der Waals surface area contributed by atoms with Crippen LogP contribution in [0.2, 0.25) is 0 Å². The van der Waals surface area contributed by atoms with Gasteiger partial charge in [-0.15, -0.1) is 0 Å². The number of rotatable bonds is 5. The van der Waals surface area contributed by atoms with Crippen LogP contribution in [0.3, 0.4) is 0 Å². The molecule has 122 valence electrons. The molecular formula is C12H15AtFN3O5. The molecule has 0 fully saturated rings. The van der Waals surface area contributed by atoms with Crippen molar-refractivity contribution in [1.82, 2.24) is 5.32 Å². The van der Waals surface area contributed by atoms with Gasteiger partial charge in [0.25, 0.3) is 0 Å². The van der Waals surface area contributed by atoms with E-state index in [2.05, 4.69) is 10.6 Å². The number of carboxylic acids is 1. The van der Waals surface area contributed by atoms with Gasteiger partial charge in [-0.1, -0.05) is 0 Å². The van der Waals surface area contributed by atoms with Crippen molar-refractivity contribution in [2.45, 2.75) is 6.04 Å². The number of amides is 2. The molecule has 0 aliphatic carbocycles. The number of carbonyl (C=O) groups excluding carboxylic acids is 1. The number of aliphatic carboxylic acids is 1. The van der Waals surface area contributed by atoms with Gasteiger partial charge in [-0.3, -0.25) is 0 Å².